The number of ether oxygens (including phenoxy) is 1. The summed E-state index contributed by atoms with van der Waals surface area (Å²) in [6.07, 6.45) is -0.126. The molecular formula is C27H32N2O2. The molecule has 0 aliphatic rings. The number of anilines is 1. The maximum absolute atomic E-state index is 12.5. The molecular weight excluding hydrogens is 384 g/mol. The molecule has 31 heavy (non-hydrogen) atoms. The van der Waals surface area contributed by atoms with Gasteiger partial charge in [-0.15, -0.1) is 0 Å². The first kappa shape index (κ1) is 22.7. The Morgan fingerprint density at radius 1 is 0.871 bits per heavy atom. The van der Waals surface area contributed by atoms with E-state index in [2.05, 4.69) is 48.6 Å². The number of nitrogens with one attached hydrogen (secondary N) is 1. The standard InChI is InChI=1S/C27H32N2O2/c1-20-13-15-24(16-14-20)27(23-11-6-5-7-12-23)31-18-17-29(4)19-25(30)28-26-21(2)9-8-10-22(26)3/h5-16,27H,17-19H2,1-4H3,(H,28,30)/t27-/m0/s1. The minimum atomic E-state index is -0.126. The van der Waals surface area contributed by atoms with E-state index in [1.165, 1.54) is 5.56 Å². The van der Waals surface area contributed by atoms with Crippen molar-refractivity contribution < 1.29 is 9.53 Å². The molecule has 1 amide bonds. The normalized spacial score (nSPS) is 12.0. The van der Waals surface area contributed by atoms with Gasteiger partial charge in [0.05, 0.1) is 13.2 Å². The van der Waals surface area contributed by atoms with Crippen LogP contribution in [0.3, 0.4) is 0 Å². The highest BCUT2D eigenvalue weighted by molar-refractivity contribution is 5.93. The van der Waals surface area contributed by atoms with Crippen LogP contribution in [0.1, 0.15) is 33.9 Å². The Hall–Kier alpha value is -2.95. The highest BCUT2D eigenvalue weighted by Gasteiger charge is 2.16. The van der Waals surface area contributed by atoms with Crippen LogP contribution < -0.4 is 5.32 Å². The monoisotopic (exact) mass is 416 g/mol. The van der Waals surface area contributed by atoms with E-state index >= 15 is 0 Å². The zero-order valence-electron chi connectivity index (χ0n) is 18.9. The lowest BCUT2D eigenvalue weighted by atomic mass is 10.0. The fourth-order valence-electron chi connectivity index (χ4n) is 3.60. The molecule has 3 aromatic carbocycles. The minimum absolute atomic E-state index is 0.0157. The molecule has 0 spiro atoms. The van der Waals surface area contributed by atoms with Crippen LogP contribution in [0, 0.1) is 20.8 Å². The third-order valence-corrected chi connectivity index (χ3v) is 5.40. The van der Waals surface area contributed by atoms with E-state index in [1.54, 1.807) is 0 Å². The predicted molar refractivity (Wildman–Crippen MR) is 127 cm³/mol. The summed E-state index contributed by atoms with van der Waals surface area (Å²) in [5.41, 5.74) is 6.53. The van der Waals surface area contributed by atoms with Crippen molar-refractivity contribution in [2.75, 3.05) is 32.1 Å². The Labute approximate surface area is 185 Å². The summed E-state index contributed by atoms with van der Waals surface area (Å²) in [5, 5.41) is 3.04. The lowest BCUT2D eigenvalue weighted by Crippen LogP contribution is -2.33. The Morgan fingerprint density at radius 2 is 1.48 bits per heavy atom. The Bertz CT molecular complexity index is 964. The third-order valence-electron chi connectivity index (χ3n) is 5.40. The molecule has 0 radical (unpaired) electrons. The summed E-state index contributed by atoms with van der Waals surface area (Å²) in [6.45, 7) is 7.61. The van der Waals surface area contributed by atoms with E-state index in [9.17, 15) is 4.79 Å². The van der Waals surface area contributed by atoms with Crippen LogP contribution in [0.25, 0.3) is 0 Å². The number of carbonyl (C=O) groups excluding carboxylic acids is 1. The molecule has 162 valence electrons. The third kappa shape index (κ3) is 6.51. The number of hydrogen-bond donors (Lipinski definition) is 1. The van der Waals surface area contributed by atoms with Crippen molar-refractivity contribution in [3.8, 4) is 0 Å². The SMILES string of the molecule is Cc1ccc([C@@H](OCCN(C)CC(=O)Nc2c(C)cccc2C)c2ccccc2)cc1. The van der Waals surface area contributed by atoms with Crippen molar-refractivity contribution in [2.45, 2.75) is 26.9 Å². The minimum Gasteiger partial charge on any atom is -0.367 e. The number of amides is 1. The topological polar surface area (TPSA) is 41.6 Å². The molecule has 0 bridgehead atoms. The van der Waals surface area contributed by atoms with E-state index in [-0.39, 0.29) is 12.0 Å². The van der Waals surface area contributed by atoms with Gasteiger partial charge in [-0.2, -0.15) is 0 Å². The molecule has 0 saturated heterocycles. The van der Waals surface area contributed by atoms with Gasteiger partial charge in [0.25, 0.3) is 0 Å². The van der Waals surface area contributed by atoms with Crippen molar-refractivity contribution in [1.82, 2.24) is 4.90 Å². The zero-order chi connectivity index (χ0) is 22.2. The maximum Gasteiger partial charge on any atom is 0.238 e. The second-order valence-electron chi connectivity index (χ2n) is 8.12. The molecule has 3 aromatic rings. The van der Waals surface area contributed by atoms with Crippen LogP contribution in [0.5, 0.6) is 0 Å². The van der Waals surface area contributed by atoms with Gasteiger partial charge in [0.1, 0.15) is 6.10 Å². The molecule has 4 heteroatoms. The van der Waals surface area contributed by atoms with E-state index < -0.39 is 0 Å². The largest absolute Gasteiger partial charge is 0.367 e. The molecule has 0 fully saturated rings. The molecule has 0 saturated carbocycles. The van der Waals surface area contributed by atoms with Gasteiger partial charge in [0.2, 0.25) is 5.91 Å². The lowest BCUT2D eigenvalue weighted by molar-refractivity contribution is -0.117. The lowest BCUT2D eigenvalue weighted by Gasteiger charge is -2.22. The van der Waals surface area contributed by atoms with Crippen LogP contribution in [0.15, 0.2) is 72.8 Å². The summed E-state index contributed by atoms with van der Waals surface area (Å²) in [6, 6.07) is 24.7. The number of benzene rings is 3. The number of para-hydroxylation sites is 1. The smallest absolute Gasteiger partial charge is 0.238 e. The molecule has 1 N–H and O–H groups in total. The van der Waals surface area contributed by atoms with Gasteiger partial charge in [0, 0.05) is 12.2 Å². The summed E-state index contributed by atoms with van der Waals surface area (Å²) in [4.78, 5) is 14.5. The summed E-state index contributed by atoms with van der Waals surface area (Å²) < 4.78 is 6.29. The number of likely N-dealkylation sites (N-methyl/N-ethyl adjacent to an activating group) is 1. The van der Waals surface area contributed by atoms with Crippen LogP contribution in [-0.2, 0) is 9.53 Å². The Balaban J connectivity index is 1.56. The number of hydrogen-bond acceptors (Lipinski definition) is 3. The van der Waals surface area contributed by atoms with E-state index in [4.69, 9.17) is 4.74 Å². The first-order valence-corrected chi connectivity index (χ1v) is 10.7. The molecule has 0 aromatic heterocycles. The average Bonchev–Trinajstić information content (AvgIpc) is 2.75. The molecule has 3 rings (SSSR count). The van der Waals surface area contributed by atoms with Crippen molar-refractivity contribution >= 4 is 11.6 Å². The highest BCUT2D eigenvalue weighted by atomic mass is 16.5. The first-order chi connectivity index (χ1) is 14.9. The molecule has 1 atom stereocenters. The summed E-state index contributed by atoms with van der Waals surface area (Å²) in [7, 11) is 1.94. The Morgan fingerprint density at radius 3 is 2.13 bits per heavy atom. The molecule has 0 aliphatic carbocycles. The van der Waals surface area contributed by atoms with Crippen LogP contribution in [-0.4, -0.2) is 37.6 Å². The second kappa shape index (κ2) is 10.9. The highest BCUT2D eigenvalue weighted by Crippen LogP contribution is 2.26. The van der Waals surface area contributed by atoms with Crippen molar-refractivity contribution in [3.63, 3.8) is 0 Å². The van der Waals surface area contributed by atoms with E-state index in [1.807, 2.05) is 62.2 Å². The van der Waals surface area contributed by atoms with Crippen LogP contribution >= 0.6 is 0 Å². The van der Waals surface area contributed by atoms with Gasteiger partial charge in [-0.25, -0.2) is 0 Å². The molecule has 0 heterocycles. The van der Waals surface area contributed by atoms with Gasteiger partial charge in [-0.1, -0.05) is 78.4 Å². The fourth-order valence-corrected chi connectivity index (χ4v) is 3.60. The molecule has 0 aliphatic heterocycles. The predicted octanol–water partition coefficient (Wildman–Crippen LogP) is 5.29. The number of nitrogens with zero attached hydrogens (tertiary/aromatic N) is 1. The average molecular weight is 417 g/mol. The number of rotatable bonds is 9. The van der Waals surface area contributed by atoms with Crippen LogP contribution in [0.4, 0.5) is 5.69 Å². The van der Waals surface area contributed by atoms with Crippen molar-refractivity contribution in [1.29, 1.82) is 0 Å². The van der Waals surface area contributed by atoms with Gasteiger partial charge < -0.3 is 10.1 Å². The maximum atomic E-state index is 12.5. The van der Waals surface area contributed by atoms with E-state index in [0.717, 1.165) is 27.9 Å². The van der Waals surface area contributed by atoms with E-state index in [0.29, 0.717) is 19.7 Å². The van der Waals surface area contributed by atoms with Gasteiger partial charge in [-0.3, -0.25) is 9.69 Å². The van der Waals surface area contributed by atoms with Gasteiger partial charge in [0.15, 0.2) is 0 Å². The van der Waals surface area contributed by atoms with Gasteiger partial charge >= 0.3 is 0 Å². The Kier molecular flexibility index (Phi) is 7.99. The first-order valence-electron chi connectivity index (χ1n) is 10.7. The zero-order valence-corrected chi connectivity index (χ0v) is 18.9. The van der Waals surface area contributed by atoms with Crippen molar-refractivity contribution in [2.24, 2.45) is 0 Å². The fraction of sp³-hybridized carbons (Fsp3) is 0.296. The molecule has 4 nitrogen and oxygen atoms in total. The quantitative estimate of drug-likeness (QED) is 0.515. The summed E-state index contributed by atoms with van der Waals surface area (Å²) >= 11 is 0. The number of carbonyl (C=O) groups is 1. The van der Waals surface area contributed by atoms with Gasteiger partial charge in [-0.05, 0) is 50.1 Å². The van der Waals surface area contributed by atoms with Crippen LogP contribution in [0.2, 0.25) is 0 Å². The second-order valence-corrected chi connectivity index (χ2v) is 8.12. The summed E-state index contributed by atoms with van der Waals surface area (Å²) in [5.74, 6) is -0.0157. The molecule has 0 unspecified atom stereocenters. The number of aryl methyl sites for hydroxylation is 3. The van der Waals surface area contributed by atoms with Crippen molar-refractivity contribution in [3.05, 3.63) is 101 Å².